The van der Waals surface area contributed by atoms with Crippen molar-refractivity contribution in [2.45, 2.75) is 18.9 Å². The molecule has 0 aromatic heterocycles. The van der Waals surface area contributed by atoms with Crippen LogP contribution in [0.4, 0.5) is 0 Å². The number of aliphatic carboxylic acids is 1. The third-order valence-electron chi connectivity index (χ3n) is 3.22. The van der Waals surface area contributed by atoms with E-state index in [2.05, 4.69) is 0 Å². The summed E-state index contributed by atoms with van der Waals surface area (Å²) in [6, 6.07) is 7.14. The Balaban J connectivity index is 1.81. The van der Waals surface area contributed by atoms with E-state index in [4.69, 9.17) is 21.4 Å². The summed E-state index contributed by atoms with van der Waals surface area (Å²) in [6.07, 6.45) is 0.312. The van der Waals surface area contributed by atoms with E-state index in [0.29, 0.717) is 24.5 Å². The second-order valence-electron chi connectivity index (χ2n) is 5.19. The lowest BCUT2D eigenvalue weighted by atomic mass is 9.95. The third-order valence-corrected chi connectivity index (χ3v) is 3.47. The molecule has 1 aromatic carbocycles. The normalized spacial score (nSPS) is 16.6. The summed E-state index contributed by atoms with van der Waals surface area (Å²) in [7, 11) is 0. The fourth-order valence-electron chi connectivity index (χ4n) is 2.15. The molecule has 0 bridgehead atoms. The molecule has 0 spiro atoms. The van der Waals surface area contributed by atoms with Crippen molar-refractivity contribution in [1.82, 2.24) is 4.90 Å². The molecule has 2 rings (SSSR count). The number of hydrogen-bond acceptors (Lipinski definition) is 3. The van der Waals surface area contributed by atoms with E-state index in [9.17, 15) is 9.59 Å². The van der Waals surface area contributed by atoms with Crippen molar-refractivity contribution in [3.05, 3.63) is 34.9 Å². The van der Waals surface area contributed by atoms with Crippen LogP contribution in [0.5, 0.6) is 0 Å². The van der Waals surface area contributed by atoms with Gasteiger partial charge in [0.2, 0.25) is 5.91 Å². The third kappa shape index (κ3) is 3.71. The molecular formula is C14H16ClNO4. The quantitative estimate of drug-likeness (QED) is 0.896. The number of amides is 1. The SMILES string of the molecule is CC1(OCC(=O)O)CN(C(=O)Cc2ccc(Cl)cc2)C1. The summed E-state index contributed by atoms with van der Waals surface area (Å²) in [5, 5.41) is 9.21. The molecule has 0 atom stereocenters. The standard InChI is InChI=1S/C14H16ClNO4/c1-14(20-7-13(18)19)8-16(9-14)12(17)6-10-2-4-11(15)5-3-10/h2-5H,6-9H2,1H3,(H,18,19). The lowest BCUT2D eigenvalue weighted by molar-refractivity contribution is -0.172. The number of carboxylic acid groups (broad SMARTS) is 1. The highest BCUT2D eigenvalue weighted by Gasteiger charge is 2.42. The minimum Gasteiger partial charge on any atom is -0.480 e. The predicted molar refractivity (Wildman–Crippen MR) is 73.7 cm³/mol. The van der Waals surface area contributed by atoms with Crippen LogP contribution in [-0.4, -0.2) is 47.2 Å². The maximum atomic E-state index is 12.0. The molecule has 0 saturated carbocycles. The van der Waals surface area contributed by atoms with Crippen LogP contribution in [0.15, 0.2) is 24.3 Å². The maximum absolute atomic E-state index is 12.0. The molecule has 1 amide bonds. The van der Waals surface area contributed by atoms with Crippen molar-refractivity contribution >= 4 is 23.5 Å². The van der Waals surface area contributed by atoms with E-state index in [1.54, 1.807) is 17.0 Å². The minimum atomic E-state index is -1.00. The molecular weight excluding hydrogens is 282 g/mol. The van der Waals surface area contributed by atoms with Crippen LogP contribution in [0.1, 0.15) is 12.5 Å². The van der Waals surface area contributed by atoms with Crippen LogP contribution in [0.25, 0.3) is 0 Å². The van der Waals surface area contributed by atoms with Crippen molar-refractivity contribution in [2.75, 3.05) is 19.7 Å². The molecule has 1 aliphatic rings. The average molecular weight is 298 g/mol. The summed E-state index contributed by atoms with van der Waals surface area (Å²) in [4.78, 5) is 24.1. The van der Waals surface area contributed by atoms with Crippen LogP contribution >= 0.6 is 11.6 Å². The number of carboxylic acids is 1. The smallest absolute Gasteiger partial charge is 0.329 e. The summed E-state index contributed by atoms with van der Waals surface area (Å²) in [5.41, 5.74) is 0.355. The molecule has 0 radical (unpaired) electrons. The molecule has 5 nitrogen and oxygen atoms in total. The van der Waals surface area contributed by atoms with Gasteiger partial charge in [-0.05, 0) is 24.6 Å². The number of carbonyl (C=O) groups excluding carboxylic acids is 1. The van der Waals surface area contributed by atoms with Crippen LogP contribution < -0.4 is 0 Å². The topological polar surface area (TPSA) is 66.8 Å². The van der Waals surface area contributed by atoms with Crippen LogP contribution in [0, 0.1) is 0 Å². The molecule has 0 unspecified atom stereocenters. The lowest BCUT2D eigenvalue weighted by Crippen LogP contribution is -2.63. The van der Waals surface area contributed by atoms with Gasteiger partial charge in [0.15, 0.2) is 0 Å². The summed E-state index contributed by atoms with van der Waals surface area (Å²) >= 11 is 5.79. The van der Waals surface area contributed by atoms with Gasteiger partial charge in [-0.25, -0.2) is 4.79 Å². The van der Waals surface area contributed by atoms with Gasteiger partial charge in [-0.1, -0.05) is 23.7 Å². The average Bonchev–Trinajstić information content (AvgIpc) is 2.35. The van der Waals surface area contributed by atoms with E-state index in [0.717, 1.165) is 5.56 Å². The Bertz CT molecular complexity index is 508. The zero-order valence-electron chi connectivity index (χ0n) is 11.1. The molecule has 1 heterocycles. The van der Waals surface area contributed by atoms with Gasteiger partial charge < -0.3 is 14.7 Å². The Hall–Kier alpha value is -1.59. The zero-order chi connectivity index (χ0) is 14.8. The van der Waals surface area contributed by atoms with Gasteiger partial charge in [0.25, 0.3) is 0 Å². The number of likely N-dealkylation sites (tertiary alicyclic amines) is 1. The predicted octanol–water partition coefficient (Wildman–Crippen LogP) is 1.58. The first-order valence-corrected chi connectivity index (χ1v) is 6.64. The maximum Gasteiger partial charge on any atom is 0.329 e. The van der Waals surface area contributed by atoms with E-state index in [1.165, 1.54) is 0 Å². The monoisotopic (exact) mass is 297 g/mol. The summed E-state index contributed by atoms with van der Waals surface area (Å²) < 4.78 is 5.26. The fourth-order valence-corrected chi connectivity index (χ4v) is 2.28. The molecule has 0 aliphatic carbocycles. The van der Waals surface area contributed by atoms with Gasteiger partial charge in [0, 0.05) is 5.02 Å². The van der Waals surface area contributed by atoms with Crippen LogP contribution in [0.3, 0.4) is 0 Å². The number of carbonyl (C=O) groups is 2. The Morgan fingerprint density at radius 3 is 2.50 bits per heavy atom. The molecule has 1 saturated heterocycles. The lowest BCUT2D eigenvalue weighted by Gasteiger charge is -2.47. The Morgan fingerprint density at radius 1 is 1.35 bits per heavy atom. The van der Waals surface area contributed by atoms with Crippen molar-refractivity contribution < 1.29 is 19.4 Å². The van der Waals surface area contributed by atoms with Gasteiger partial charge in [0.05, 0.1) is 19.5 Å². The highest BCUT2D eigenvalue weighted by Crippen LogP contribution is 2.25. The van der Waals surface area contributed by atoms with Gasteiger partial charge in [-0.3, -0.25) is 4.79 Å². The van der Waals surface area contributed by atoms with Gasteiger partial charge in [-0.2, -0.15) is 0 Å². The summed E-state index contributed by atoms with van der Waals surface area (Å²) in [5.74, 6) is -0.999. The number of rotatable bonds is 5. The number of halogens is 1. The second-order valence-corrected chi connectivity index (χ2v) is 5.62. The number of benzene rings is 1. The van der Waals surface area contributed by atoms with Gasteiger partial charge >= 0.3 is 5.97 Å². The van der Waals surface area contributed by atoms with Crippen molar-refractivity contribution in [3.63, 3.8) is 0 Å². The highest BCUT2D eigenvalue weighted by atomic mass is 35.5. The molecule has 108 valence electrons. The Kier molecular flexibility index (Phi) is 4.30. The number of ether oxygens (including phenoxy) is 1. The molecule has 1 aromatic rings. The van der Waals surface area contributed by atoms with E-state index >= 15 is 0 Å². The minimum absolute atomic E-state index is 0.00345. The number of hydrogen-bond donors (Lipinski definition) is 1. The molecule has 1 fully saturated rings. The molecule has 20 heavy (non-hydrogen) atoms. The summed E-state index contributed by atoms with van der Waals surface area (Å²) in [6.45, 7) is 2.32. The van der Waals surface area contributed by atoms with Gasteiger partial charge in [-0.15, -0.1) is 0 Å². The largest absolute Gasteiger partial charge is 0.480 e. The molecule has 1 N–H and O–H groups in total. The van der Waals surface area contributed by atoms with Gasteiger partial charge in [0.1, 0.15) is 12.2 Å². The molecule has 1 aliphatic heterocycles. The fraction of sp³-hybridized carbons (Fsp3) is 0.429. The van der Waals surface area contributed by atoms with Crippen molar-refractivity contribution in [1.29, 1.82) is 0 Å². The first-order chi connectivity index (χ1) is 9.38. The van der Waals surface area contributed by atoms with E-state index < -0.39 is 11.6 Å². The number of nitrogens with zero attached hydrogens (tertiary/aromatic N) is 1. The molecule has 6 heteroatoms. The van der Waals surface area contributed by atoms with Crippen LogP contribution in [0.2, 0.25) is 5.02 Å². The second kappa shape index (κ2) is 5.81. The highest BCUT2D eigenvalue weighted by molar-refractivity contribution is 6.30. The first-order valence-electron chi connectivity index (χ1n) is 6.26. The van der Waals surface area contributed by atoms with Crippen molar-refractivity contribution in [3.8, 4) is 0 Å². The Morgan fingerprint density at radius 2 is 1.95 bits per heavy atom. The Labute approximate surface area is 122 Å². The zero-order valence-corrected chi connectivity index (χ0v) is 11.9. The van der Waals surface area contributed by atoms with E-state index in [-0.39, 0.29) is 12.5 Å². The van der Waals surface area contributed by atoms with Crippen molar-refractivity contribution in [2.24, 2.45) is 0 Å². The van der Waals surface area contributed by atoms with E-state index in [1.807, 2.05) is 19.1 Å². The van der Waals surface area contributed by atoms with Crippen LogP contribution in [-0.2, 0) is 20.7 Å². The first kappa shape index (κ1) is 14.8.